The van der Waals surface area contributed by atoms with Gasteiger partial charge in [0.15, 0.2) is 0 Å². The molecular weight excluding hydrogens is 379 g/mol. The number of aromatic hydroxyl groups is 1. The Kier molecular flexibility index (Phi) is 4.93. The molecule has 0 unspecified atom stereocenters. The largest absolute Gasteiger partial charge is 0.506 e. The van der Waals surface area contributed by atoms with Crippen LogP contribution in [0.15, 0.2) is 29.2 Å². The Morgan fingerprint density at radius 1 is 1.21 bits per heavy atom. The summed E-state index contributed by atoms with van der Waals surface area (Å²) in [5.41, 5.74) is -0.0338. The predicted octanol–water partition coefficient (Wildman–Crippen LogP) is 4.02. The second kappa shape index (κ2) is 6.46. The van der Waals surface area contributed by atoms with E-state index in [-0.39, 0.29) is 31.9 Å². The zero-order valence-electron chi connectivity index (χ0n) is 12.5. The minimum atomic E-state index is -4.23. The van der Waals surface area contributed by atoms with Crippen molar-refractivity contribution in [3.63, 3.8) is 0 Å². The van der Waals surface area contributed by atoms with Gasteiger partial charge in [-0.05, 0) is 37.1 Å². The highest BCUT2D eigenvalue weighted by Crippen LogP contribution is 2.36. The zero-order chi connectivity index (χ0) is 18.2. The molecule has 2 aromatic carbocycles. The summed E-state index contributed by atoms with van der Waals surface area (Å²) in [6.07, 6.45) is 0. The Morgan fingerprint density at radius 2 is 1.83 bits per heavy atom. The lowest BCUT2D eigenvalue weighted by atomic mass is 10.2. The molecule has 2 aromatic rings. The lowest BCUT2D eigenvalue weighted by Gasteiger charge is -2.15. The van der Waals surface area contributed by atoms with E-state index in [1.807, 2.05) is 0 Å². The van der Waals surface area contributed by atoms with Crippen molar-refractivity contribution in [2.75, 3.05) is 4.72 Å². The Hall–Kier alpha value is -2.03. The summed E-state index contributed by atoms with van der Waals surface area (Å²) in [7, 11) is -4.23. The normalized spacial score (nSPS) is 11.3. The fourth-order valence-corrected chi connectivity index (χ4v) is 4.33. The molecule has 0 aliphatic carbocycles. The summed E-state index contributed by atoms with van der Waals surface area (Å²) in [4.78, 5) is 9.85. The highest BCUT2D eigenvalue weighted by molar-refractivity contribution is 7.93. The summed E-state index contributed by atoms with van der Waals surface area (Å²) in [6.45, 7) is 3.08. The number of phenolic OH excluding ortho intramolecular Hbond substituents is 1. The zero-order valence-corrected chi connectivity index (χ0v) is 14.8. The topological polar surface area (TPSA) is 110 Å². The molecule has 0 saturated carbocycles. The molecule has 24 heavy (non-hydrogen) atoms. The second-order valence-electron chi connectivity index (χ2n) is 5.01. The minimum Gasteiger partial charge on any atom is -0.506 e. The van der Waals surface area contributed by atoms with E-state index in [9.17, 15) is 23.6 Å². The van der Waals surface area contributed by atoms with Crippen LogP contribution in [-0.4, -0.2) is 18.4 Å². The molecule has 0 amide bonds. The van der Waals surface area contributed by atoms with Crippen molar-refractivity contribution in [2.45, 2.75) is 18.7 Å². The summed E-state index contributed by atoms with van der Waals surface area (Å²) in [6, 6.07) is 4.51. The van der Waals surface area contributed by atoms with Gasteiger partial charge >= 0.3 is 0 Å². The van der Waals surface area contributed by atoms with Crippen molar-refractivity contribution in [1.29, 1.82) is 0 Å². The van der Waals surface area contributed by atoms with E-state index in [0.29, 0.717) is 5.56 Å². The minimum absolute atomic E-state index is 0.0191. The Labute approximate surface area is 148 Å². The number of nitro groups is 1. The van der Waals surface area contributed by atoms with E-state index in [1.165, 1.54) is 13.0 Å². The first-order valence-electron chi connectivity index (χ1n) is 6.50. The Balaban J connectivity index is 2.59. The van der Waals surface area contributed by atoms with Crippen LogP contribution < -0.4 is 4.72 Å². The number of rotatable bonds is 4. The lowest BCUT2D eigenvalue weighted by molar-refractivity contribution is -0.384. The first kappa shape index (κ1) is 18.3. The van der Waals surface area contributed by atoms with Crippen LogP contribution in [0, 0.1) is 24.0 Å². The number of halogens is 2. The number of nitrogens with zero attached hydrogens (tertiary/aromatic N) is 1. The van der Waals surface area contributed by atoms with Crippen molar-refractivity contribution in [2.24, 2.45) is 0 Å². The fourth-order valence-electron chi connectivity index (χ4n) is 2.05. The molecule has 0 spiro atoms. The first-order chi connectivity index (χ1) is 11.0. The third-order valence-corrected chi connectivity index (χ3v) is 5.82. The molecule has 0 aliphatic rings. The summed E-state index contributed by atoms with van der Waals surface area (Å²) >= 11 is 12.1. The maximum atomic E-state index is 12.6. The third-order valence-electron chi connectivity index (χ3n) is 3.29. The highest BCUT2D eigenvalue weighted by Gasteiger charge is 2.25. The maximum Gasteiger partial charge on any atom is 0.271 e. The summed E-state index contributed by atoms with van der Waals surface area (Å²) < 4.78 is 27.4. The molecule has 0 bridgehead atoms. The molecular formula is C14H12Cl2N2O5S. The molecule has 0 radical (unpaired) electrons. The van der Waals surface area contributed by atoms with Crippen LogP contribution in [0.2, 0.25) is 10.0 Å². The monoisotopic (exact) mass is 390 g/mol. The first-order valence-corrected chi connectivity index (χ1v) is 8.74. The van der Waals surface area contributed by atoms with Gasteiger partial charge in [0.1, 0.15) is 10.6 Å². The molecule has 128 valence electrons. The smallest absolute Gasteiger partial charge is 0.271 e. The average Bonchev–Trinajstić information content (AvgIpc) is 2.47. The molecule has 7 nitrogen and oxygen atoms in total. The van der Waals surface area contributed by atoms with Crippen LogP contribution in [0.3, 0.4) is 0 Å². The van der Waals surface area contributed by atoms with E-state index < -0.39 is 20.7 Å². The molecule has 0 saturated heterocycles. The molecule has 2 N–H and O–H groups in total. The van der Waals surface area contributed by atoms with Crippen LogP contribution >= 0.6 is 23.2 Å². The van der Waals surface area contributed by atoms with Gasteiger partial charge in [-0.2, -0.15) is 0 Å². The van der Waals surface area contributed by atoms with Gasteiger partial charge < -0.3 is 5.11 Å². The van der Waals surface area contributed by atoms with Crippen molar-refractivity contribution >= 4 is 44.6 Å². The van der Waals surface area contributed by atoms with Crippen molar-refractivity contribution in [1.82, 2.24) is 0 Å². The van der Waals surface area contributed by atoms with Gasteiger partial charge in [-0.3, -0.25) is 14.8 Å². The predicted molar refractivity (Wildman–Crippen MR) is 91.5 cm³/mol. The van der Waals surface area contributed by atoms with Crippen molar-refractivity contribution in [3.8, 4) is 5.75 Å². The van der Waals surface area contributed by atoms with E-state index in [1.54, 1.807) is 6.92 Å². The van der Waals surface area contributed by atoms with Gasteiger partial charge in [-0.1, -0.05) is 23.2 Å². The van der Waals surface area contributed by atoms with Crippen LogP contribution in [0.1, 0.15) is 11.1 Å². The van der Waals surface area contributed by atoms with E-state index in [4.69, 9.17) is 23.2 Å². The van der Waals surface area contributed by atoms with Gasteiger partial charge in [0.05, 0.1) is 15.6 Å². The Morgan fingerprint density at radius 3 is 2.42 bits per heavy atom. The molecule has 10 heteroatoms. The van der Waals surface area contributed by atoms with Crippen LogP contribution in [0.4, 0.5) is 11.4 Å². The molecule has 0 heterocycles. The number of nitrogens with one attached hydrogen (secondary N) is 1. The standard InChI is InChI=1S/C14H12Cl2N2O5S/c1-7-5-10(15)8(2)14(13(7)16)24(22,23)17-11-6-9(18(20)21)3-4-12(11)19/h3-6,17,19H,1-2H3. The van der Waals surface area contributed by atoms with Gasteiger partial charge in [-0.15, -0.1) is 0 Å². The van der Waals surface area contributed by atoms with E-state index in [0.717, 1.165) is 18.2 Å². The number of hydrogen-bond acceptors (Lipinski definition) is 5. The van der Waals surface area contributed by atoms with Crippen LogP contribution in [0.5, 0.6) is 5.75 Å². The summed E-state index contributed by atoms with van der Waals surface area (Å²) in [5, 5.41) is 20.8. The van der Waals surface area contributed by atoms with Crippen molar-refractivity contribution in [3.05, 3.63) is 55.6 Å². The number of phenols is 1. The molecule has 0 aliphatic heterocycles. The van der Waals surface area contributed by atoms with Gasteiger partial charge in [-0.25, -0.2) is 8.42 Å². The number of hydrogen-bond donors (Lipinski definition) is 2. The lowest BCUT2D eigenvalue weighted by Crippen LogP contribution is -2.16. The fraction of sp³-hybridized carbons (Fsp3) is 0.143. The SMILES string of the molecule is Cc1cc(Cl)c(C)c(S(=O)(=O)Nc2cc([N+](=O)[O-])ccc2O)c1Cl. The molecule has 2 rings (SSSR count). The number of benzene rings is 2. The van der Waals surface area contributed by atoms with Crippen LogP contribution in [-0.2, 0) is 10.0 Å². The van der Waals surface area contributed by atoms with Crippen molar-refractivity contribution < 1.29 is 18.4 Å². The molecule has 0 aromatic heterocycles. The van der Waals surface area contributed by atoms with E-state index in [2.05, 4.69) is 4.72 Å². The average molecular weight is 391 g/mol. The Bertz CT molecular complexity index is 918. The quantitative estimate of drug-likeness (QED) is 0.465. The second-order valence-corrected chi connectivity index (χ2v) is 7.41. The number of sulfonamides is 1. The summed E-state index contributed by atoms with van der Waals surface area (Å²) in [5.74, 6) is -0.461. The van der Waals surface area contributed by atoms with Gasteiger partial charge in [0.2, 0.25) is 0 Å². The highest BCUT2D eigenvalue weighted by atomic mass is 35.5. The molecule has 0 fully saturated rings. The number of anilines is 1. The molecule has 0 atom stereocenters. The van der Waals surface area contributed by atoms with E-state index >= 15 is 0 Å². The number of non-ortho nitro benzene ring substituents is 1. The maximum absolute atomic E-state index is 12.6. The van der Waals surface area contributed by atoms with Gasteiger partial charge in [0.25, 0.3) is 15.7 Å². The van der Waals surface area contributed by atoms with Crippen LogP contribution in [0.25, 0.3) is 0 Å². The van der Waals surface area contributed by atoms with Gasteiger partial charge in [0, 0.05) is 17.2 Å². The number of nitro benzene ring substituents is 1. The third kappa shape index (κ3) is 3.40. The number of aryl methyl sites for hydroxylation is 1.